The van der Waals surface area contributed by atoms with Crippen molar-refractivity contribution in [2.24, 2.45) is 0 Å². The van der Waals surface area contributed by atoms with Crippen LogP contribution in [0.3, 0.4) is 0 Å². The predicted molar refractivity (Wildman–Crippen MR) is 89.6 cm³/mol. The van der Waals surface area contributed by atoms with Gasteiger partial charge in [-0.3, -0.25) is 4.79 Å². The predicted octanol–water partition coefficient (Wildman–Crippen LogP) is 3.57. The van der Waals surface area contributed by atoms with Gasteiger partial charge in [-0.15, -0.1) is 11.8 Å². The molecule has 0 atom stereocenters. The van der Waals surface area contributed by atoms with Crippen LogP contribution in [0.15, 0.2) is 47.4 Å². The minimum absolute atomic E-state index is 0.0508. The van der Waals surface area contributed by atoms with E-state index in [2.05, 4.69) is 24.3 Å². The van der Waals surface area contributed by atoms with Gasteiger partial charge in [0.25, 0.3) is 5.91 Å². The number of hydrogen-bond donors (Lipinski definition) is 1. The van der Waals surface area contributed by atoms with Gasteiger partial charge in [0, 0.05) is 24.2 Å². The van der Waals surface area contributed by atoms with Crippen molar-refractivity contribution in [1.82, 2.24) is 4.90 Å². The lowest BCUT2D eigenvalue weighted by molar-refractivity contribution is 0.0786. The van der Waals surface area contributed by atoms with Crippen LogP contribution < -0.4 is 5.73 Å². The summed E-state index contributed by atoms with van der Waals surface area (Å²) in [5.41, 5.74) is 9.14. The van der Waals surface area contributed by atoms with Gasteiger partial charge in [-0.2, -0.15) is 0 Å². The van der Waals surface area contributed by atoms with Crippen LogP contribution in [-0.2, 0) is 6.54 Å². The molecule has 0 radical (unpaired) electrons. The highest BCUT2D eigenvalue weighted by Gasteiger charge is 2.15. The van der Waals surface area contributed by atoms with Gasteiger partial charge in [-0.25, -0.2) is 0 Å². The number of nitrogen functional groups attached to an aromatic ring is 1. The molecule has 2 aromatic carbocycles. The molecule has 0 saturated carbocycles. The van der Waals surface area contributed by atoms with E-state index in [0.717, 1.165) is 11.1 Å². The number of carbonyl (C=O) groups is 1. The van der Waals surface area contributed by atoms with E-state index in [0.29, 0.717) is 17.8 Å². The second-order valence-electron chi connectivity index (χ2n) is 5.10. The number of aryl methyl sites for hydroxylation is 1. The van der Waals surface area contributed by atoms with Crippen LogP contribution in [0.4, 0.5) is 5.69 Å². The van der Waals surface area contributed by atoms with Crippen molar-refractivity contribution >= 4 is 23.4 Å². The monoisotopic (exact) mass is 300 g/mol. The van der Waals surface area contributed by atoms with Gasteiger partial charge in [0.15, 0.2) is 0 Å². The number of hydrogen-bond acceptors (Lipinski definition) is 3. The smallest absolute Gasteiger partial charge is 0.255 e. The lowest BCUT2D eigenvalue weighted by Crippen LogP contribution is -2.27. The molecule has 0 heterocycles. The zero-order chi connectivity index (χ0) is 15.4. The highest BCUT2D eigenvalue weighted by Crippen LogP contribution is 2.18. The van der Waals surface area contributed by atoms with Crippen molar-refractivity contribution in [2.75, 3.05) is 19.0 Å². The molecular weight excluding hydrogens is 280 g/mol. The first-order valence-corrected chi connectivity index (χ1v) is 7.98. The Kier molecular flexibility index (Phi) is 4.91. The largest absolute Gasteiger partial charge is 0.398 e. The van der Waals surface area contributed by atoms with E-state index in [9.17, 15) is 4.79 Å². The van der Waals surface area contributed by atoms with Gasteiger partial charge in [-0.1, -0.05) is 23.8 Å². The van der Waals surface area contributed by atoms with Crippen LogP contribution in [0.25, 0.3) is 0 Å². The third-order valence-electron chi connectivity index (χ3n) is 3.36. The fourth-order valence-corrected chi connectivity index (χ4v) is 2.55. The maximum absolute atomic E-state index is 12.5. The van der Waals surface area contributed by atoms with Crippen LogP contribution in [0.1, 0.15) is 21.5 Å². The maximum Gasteiger partial charge on any atom is 0.255 e. The number of rotatable bonds is 4. The van der Waals surface area contributed by atoms with Gasteiger partial charge < -0.3 is 10.6 Å². The average Bonchev–Trinajstić information content (AvgIpc) is 2.49. The summed E-state index contributed by atoms with van der Waals surface area (Å²) < 4.78 is 0. The minimum Gasteiger partial charge on any atom is -0.398 e. The van der Waals surface area contributed by atoms with Crippen molar-refractivity contribution in [3.63, 3.8) is 0 Å². The Morgan fingerprint density at radius 1 is 1.19 bits per heavy atom. The molecule has 0 bridgehead atoms. The molecule has 0 aliphatic carbocycles. The highest BCUT2D eigenvalue weighted by atomic mass is 32.2. The number of benzene rings is 2. The summed E-state index contributed by atoms with van der Waals surface area (Å²) >= 11 is 1.71. The van der Waals surface area contributed by atoms with Gasteiger partial charge in [-0.05, 0) is 43.0 Å². The molecule has 0 saturated heterocycles. The summed E-state index contributed by atoms with van der Waals surface area (Å²) in [4.78, 5) is 15.4. The zero-order valence-corrected chi connectivity index (χ0v) is 13.4. The fraction of sp³-hybridized carbons (Fsp3) is 0.235. The second-order valence-corrected chi connectivity index (χ2v) is 5.98. The first kappa shape index (κ1) is 15.4. The molecule has 0 aliphatic heterocycles. The first-order valence-electron chi connectivity index (χ1n) is 6.76. The lowest BCUT2D eigenvalue weighted by atomic mass is 10.1. The van der Waals surface area contributed by atoms with Gasteiger partial charge in [0.1, 0.15) is 0 Å². The summed E-state index contributed by atoms with van der Waals surface area (Å²) in [6, 6.07) is 13.8. The molecule has 2 N–H and O–H groups in total. The standard InChI is InChI=1S/C17H20N2OS/c1-12-4-9-16(18)15(10-12)17(20)19(2)11-13-5-7-14(21-3)8-6-13/h4-10H,11,18H2,1-3H3. The van der Waals surface area contributed by atoms with E-state index in [1.54, 1.807) is 29.8 Å². The molecule has 4 heteroatoms. The minimum atomic E-state index is -0.0508. The van der Waals surface area contributed by atoms with Gasteiger partial charge in [0.2, 0.25) is 0 Å². The Morgan fingerprint density at radius 3 is 2.48 bits per heavy atom. The molecule has 1 amide bonds. The average molecular weight is 300 g/mol. The zero-order valence-electron chi connectivity index (χ0n) is 12.6. The highest BCUT2D eigenvalue weighted by molar-refractivity contribution is 7.98. The molecular formula is C17H20N2OS. The van der Waals surface area contributed by atoms with Crippen LogP contribution in [0.5, 0.6) is 0 Å². The van der Waals surface area contributed by atoms with Gasteiger partial charge >= 0.3 is 0 Å². The molecule has 0 aliphatic rings. The Morgan fingerprint density at radius 2 is 1.86 bits per heavy atom. The molecule has 0 spiro atoms. The van der Waals surface area contributed by atoms with Crippen LogP contribution >= 0.6 is 11.8 Å². The Balaban J connectivity index is 2.13. The van der Waals surface area contributed by atoms with Crippen LogP contribution in [0, 0.1) is 6.92 Å². The van der Waals surface area contributed by atoms with E-state index in [-0.39, 0.29) is 5.91 Å². The van der Waals surface area contributed by atoms with Crippen molar-refractivity contribution in [1.29, 1.82) is 0 Å². The topological polar surface area (TPSA) is 46.3 Å². The number of thioether (sulfide) groups is 1. The Bertz CT molecular complexity index is 638. The molecule has 2 aromatic rings. The SMILES string of the molecule is CSc1ccc(CN(C)C(=O)c2cc(C)ccc2N)cc1. The van der Waals surface area contributed by atoms with Gasteiger partial charge in [0.05, 0.1) is 5.56 Å². The van der Waals surface area contributed by atoms with Crippen molar-refractivity contribution < 1.29 is 4.79 Å². The fourth-order valence-electron chi connectivity index (χ4n) is 2.14. The third kappa shape index (κ3) is 3.79. The van der Waals surface area contributed by atoms with E-state index in [1.807, 2.05) is 25.3 Å². The summed E-state index contributed by atoms with van der Waals surface area (Å²) in [5.74, 6) is -0.0508. The molecule has 0 fully saturated rings. The van der Waals surface area contributed by atoms with Crippen molar-refractivity contribution in [3.05, 3.63) is 59.2 Å². The molecule has 21 heavy (non-hydrogen) atoms. The molecule has 0 unspecified atom stereocenters. The normalized spacial score (nSPS) is 10.4. The number of nitrogens with two attached hydrogens (primary N) is 1. The Hall–Kier alpha value is -1.94. The first-order chi connectivity index (χ1) is 10.0. The number of carbonyl (C=O) groups excluding carboxylic acids is 1. The summed E-state index contributed by atoms with van der Waals surface area (Å²) in [6.07, 6.45) is 2.05. The summed E-state index contributed by atoms with van der Waals surface area (Å²) in [6.45, 7) is 2.53. The second kappa shape index (κ2) is 6.68. The molecule has 0 aromatic heterocycles. The maximum atomic E-state index is 12.5. The van der Waals surface area contributed by atoms with E-state index >= 15 is 0 Å². The Labute approximate surface area is 130 Å². The van der Waals surface area contributed by atoms with E-state index < -0.39 is 0 Å². The number of nitrogens with zero attached hydrogens (tertiary/aromatic N) is 1. The van der Waals surface area contributed by atoms with E-state index in [4.69, 9.17) is 5.73 Å². The molecule has 110 valence electrons. The van der Waals surface area contributed by atoms with Crippen molar-refractivity contribution in [3.8, 4) is 0 Å². The van der Waals surface area contributed by atoms with Crippen LogP contribution in [-0.4, -0.2) is 24.1 Å². The van der Waals surface area contributed by atoms with Crippen molar-refractivity contribution in [2.45, 2.75) is 18.4 Å². The van der Waals surface area contributed by atoms with Crippen LogP contribution in [0.2, 0.25) is 0 Å². The van der Waals surface area contributed by atoms with E-state index in [1.165, 1.54) is 4.90 Å². The number of amides is 1. The summed E-state index contributed by atoms with van der Waals surface area (Å²) in [5, 5.41) is 0. The third-order valence-corrected chi connectivity index (χ3v) is 4.11. The summed E-state index contributed by atoms with van der Waals surface area (Å²) in [7, 11) is 1.80. The molecule has 3 nitrogen and oxygen atoms in total. The quantitative estimate of drug-likeness (QED) is 0.693. The number of anilines is 1. The molecule has 2 rings (SSSR count). The lowest BCUT2D eigenvalue weighted by Gasteiger charge is -2.19.